The Morgan fingerprint density at radius 1 is 1.24 bits per heavy atom. The van der Waals surface area contributed by atoms with Crippen molar-refractivity contribution in [3.63, 3.8) is 0 Å². The fourth-order valence-electron chi connectivity index (χ4n) is 3.92. The second-order valence-corrected chi connectivity index (χ2v) is 6.90. The summed E-state index contributed by atoms with van der Waals surface area (Å²) in [6.45, 7) is 11.2. The van der Waals surface area contributed by atoms with Crippen molar-refractivity contribution >= 4 is 0 Å². The molecule has 1 saturated carbocycles. The molecule has 0 aromatic rings. The minimum absolute atomic E-state index is 0.594. The molecule has 0 aromatic carbocycles. The zero-order valence-corrected chi connectivity index (χ0v) is 11.6. The summed E-state index contributed by atoms with van der Waals surface area (Å²) in [6, 6.07) is 0. The number of piperazine rings is 1. The zero-order chi connectivity index (χ0) is 12.0. The highest BCUT2D eigenvalue weighted by atomic mass is 15.2. The highest BCUT2D eigenvalue weighted by Gasteiger charge is 2.51. The van der Waals surface area contributed by atoms with Gasteiger partial charge in [0.2, 0.25) is 0 Å². The average Bonchev–Trinajstić information content (AvgIpc) is 2.32. The SMILES string of the molecule is CN1CCN(CC2=CCC3CC2C3(C)C)CC1. The third-order valence-corrected chi connectivity index (χ3v) is 5.58. The topological polar surface area (TPSA) is 6.48 Å². The summed E-state index contributed by atoms with van der Waals surface area (Å²) in [5.41, 5.74) is 2.35. The molecule has 4 rings (SSSR count). The minimum atomic E-state index is 0.594. The van der Waals surface area contributed by atoms with Gasteiger partial charge < -0.3 is 4.90 Å². The molecular formula is C15H26N2. The molecule has 2 nitrogen and oxygen atoms in total. The fraction of sp³-hybridized carbons (Fsp3) is 0.867. The molecule has 1 saturated heterocycles. The van der Waals surface area contributed by atoms with Gasteiger partial charge >= 0.3 is 0 Å². The van der Waals surface area contributed by atoms with Crippen molar-refractivity contribution in [1.29, 1.82) is 0 Å². The maximum Gasteiger partial charge on any atom is 0.0196 e. The van der Waals surface area contributed by atoms with Gasteiger partial charge in [-0.05, 0) is 37.1 Å². The Morgan fingerprint density at radius 2 is 1.94 bits per heavy atom. The van der Waals surface area contributed by atoms with Crippen LogP contribution in [0.3, 0.4) is 0 Å². The van der Waals surface area contributed by atoms with Gasteiger partial charge in [0.25, 0.3) is 0 Å². The summed E-state index contributed by atoms with van der Waals surface area (Å²) in [5.74, 6) is 1.87. The van der Waals surface area contributed by atoms with Gasteiger partial charge in [0.15, 0.2) is 0 Å². The third kappa shape index (κ3) is 1.96. The monoisotopic (exact) mass is 234 g/mol. The number of hydrogen-bond acceptors (Lipinski definition) is 2. The number of hydrogen-bond donors (Lipinski definition) is 0. The average molecular weight is 234 g/mol. The molecule has 0 N–H and O–H groups in total. The Morgan fingerprint density at radius 3 is 2.53 bits per heavy atom. The molecule has 2 atom stereocenters. The molecule has 0 aromatic heterocycles. The summed E-state index contributed by atoms with van der Waals surface area (Å²) >= 11 is 0. The third-order valence-electron chi connectivity index (χ3n) is 5.58. The van der Waals surface area contributed by atoms with Crippen molar-refractivity contribution in [2.75, 3.05) is 39.8 Å². The second kappa shape index (κ2) is 4.10. The van der Waals surface area contributed by atoms with E-state index < -0.39 is 0 Å². The van der Waals surface area contributed by atoms with Gasteiger partial charge in [0.05, 0.1) is 0 Å². The molecule has 2 unspecified atom stereocenters. The van der Waals surface area contributed by atoms with Gasteiger partial charge in [-0.3, -0.25) is 4.90 Å². The summed E-state index contributed by atoms with van der Waals surface area (Å²) < 4.78 is 0. The van der Waals surface area contributed by atoms with Crippen LogP contribution in [-0.4, -0.2) is 49.6 Å². The summed E-state index contributed by atoms with van der Waals surface area (Å²) in [5, 5.41) is 0. The summed E-state index contributed by atoms with van der Waals surface area (Å²) in [6.07, 6.45) is 5.36. The summed E-state index contributed by atoms with van der Waals surface area (Å²) in [4.78, 5) is 5.09. The molecule has 3 aliphatic carbocycles. The predicted molar refractivity (Wildman–Crippen MR) is 72.0 cm³/mol. The highest BCUT2D eigenvalue weighted by molar-refractivity contribution is 5.24. The molecule has 0 spiro atoms. The maximum atomic E-state index is 2.65. The molecule has 2 heteroatoms. The van der Waals surface area contributed by atoms with E-state index in [0.717, 1.165) is 11.8 Å². The maximum absolute atomic E-state index is 2.65. The van der Waals surface area contributed by atoms with E-state index in [0.29, 0.717) is 5.41 Å². The van der Waals surface area contributed by atoms with Crippen LogP contribution < -0.4 is 0 Å². The van der Waals surface area contributed by atoms with Crippen LogP contribution in [0.2, 0.25) is 0 Å². The van der Waals surface area contributed by atoms with E-state index >= 15 is 0 Å². The van der Waals surface area contributed by atoms with Crippen molar-refractivity contribution < 1.29 is 0 Å². The Balaban J connectivity index is 1.61. The van der Waals surface area contributed by atoms with E-state index in [1.54, 1.807) is 5.57 Å². The van der Waals surface area contributed by atoms with Crippen molar-refractivity contribution in [3.05, 3.63) is 11.6 Å². The minimum Gasteiger partial charge on any atom is -0.304 e. The highest BCUT2D eigenvalue weighted by Crippen LogP contribution is 2.59. The first-order valence-corrected chi connectivity index (χ1v) is 7.17. The van der Waals surface area contributed by atoms with E-state index in [2.05, 4.69) is 36.8 Å². The number of likely N-dealkylation sites (N-methyl/N-ethyl adjacent to an activating group) is 1. The van der Waals surface area contributed by atoms with Gasteiger partial charge in [0.1, 0.15) is 0 Å². The first-order chi connectivity index (χ1) is 8.07. The van der Waals surface area contributed by atoms with Gasteiger partial charge in [-0.2, -0.15) is 0 Å². The van der Waals surface area contributed by atoms with E-state index in [-0.39, 0.29) is 0 Å². The van der Waals surface area contributed by atoms with E-state index in [9.17, 15) is 0 Å². The van der Waals surface area contributed by atoms with Crippen molar-refractivity contribution in [3.8, 4) is 0 Å². The molecule has 1 aliphatic heterocycles. The normalized spacial score (nSPS) is 37.5. The lowest BCUT2D eigenvalue weighted by molar-refractivity contribution is -0.0118. The van der Waals surface area contributed by atoms with Gasteiger partial charge in [-0.15, -0.1) is 0 Å². The van der Waals surface area contributed by atoms with Crippen LogP contribution in [-0.2, 0) is 0 Å². The number of fused-ring (bicyclic) bond motifs is 1. The lowest BCUT2D eigenvalue weighted by Gasteiger charge is -2.57. The second-order valence-electron chi connectivity index (χ2n) is 6.90. The van der Waals surface area contributed by atoms with Crippen molar-refractivity contribution in [2.24, 2.45) is 17.3 Å². The van der Waals surface area contributed by atoms with E-state index in [4.69, 9.17) is 0 Å². The van der Waals surface area contributed by atoms with Crippen LogP contribution in [0.15, 0.2) is 11.6 Å². The Hall–Kier alpha value is -0.340. The van der Waals surface area contributed by atoms with Crippen LogP contribution in [0.5, 0.6) is 0 Å². The predicted octanol–water partition coefficient (Wildman–Crippen LogP) is 2.23. The van der Waals surface area contributed by atoms with Crippen LogP contribution >= 0.6 is 0 Å². The molecule has 0 amide bonds. The Bertz CT molecular complexity index is 324. The van der Waals surface area contributed by atoms with Gasteiger partial charge in [-0.1, -0.05) is 25.5 Å². The van der Waals surface area contributed by atoms with Crippen LogP contribution in [0.1, 0.15) is 26.7 Å². The van der Waals surface area contributed by atoms with Crippen molar-refractivity contribution in [2.45, 2.75) is 26.7 Å². The molecule has 17 heavy (non-hydrogen) atoms. The molecule has 2 fully saturated rings. The number of rotatable bonds is 2. The van der Waals surface area contributed by atoms with Gasteiger partial charge in [-0.25, -0.2) is 0 Å². The molecular weight excluding hydrogens is 208 g/mol. The van der Waals surface area contributed by atoms with Crippen LogP contribution in [0.4, 0.5) is 0 Å². The fourth-order valence-corrected chi connectivity index (χ4v) is 3.92. The largest absolute Gasteiger partial charge is 0.304 e. The molecule has 2 bridgehead atoms. The molecule has 4 aliphatic rings. The lowest BCUT2D eigenvalue weighted by Crippen LogP contribution is -2.51. The summed E-state index contributed by atoms with van der Waals surface area (Å²) in [7, 11) is 2.23. The number of nitrogens with zero attached hydrogens (tertiary/aromatic N) is 2. The standard InChI is InChI=1S/C15H26N2/c1-15(2)13-5-4-12(14(15)10-13)11-17-8-6-16(3)7-9-17/h4,13-14H,5-11H2,1-3H3. The lowest BCUT2D eigenvalue weighted by atomic mass is 9.49. The van der Waals surface area contributed by atoms with Gasteiger partial charge in [0, 0.05) is 32.7 Å². The number of allylic oxidation sites excluding steroid dienone is 1. The smallest absolute Gasteiger partial charge is 0.0196 e. The molecule has 0 radical (unpaired) electrons. The zero-order valence-electron chi connectivity index (χ0n) is 11.6. The van der Waals surface area contributed by atoms with E-state index in [1.165, 1.54) is 45.6 Å². The van der Waals surface area contributed by atoms with Crippen molar-refractivity contribution in [1.82, 2.24) is 9.80 Å². The van der Waals surface area contributed by atoms with E-state index in [1.807, 2.05) is 0 Å². The van der Waals surface area contributed by atoms with Crippen LogP contribution in [0.25, 0.3) is 0 Å². The Kier molecular flexibility index (Phi) is 2.83. The Labute approximate surface area is 106 Å². The first-order valence-electron chi connectivity index (χ1n) is 7.17. The molecule has 96 valence electrons. The van der Waals surface area contributed by atoms with Crippen LogP contribution in [0, 0.1) is 17.3 Å². The quantitative estimate of drug-likeness (QED) is 0.676. The molecule has 1 heterocycles. The first kappa shape index (κ1) is 11.7.